The maximum absolute atomic E-state index is 12.4. The second kappa shape index (κ2) is 9.42. The van der Waals surface area contributed by atoms with Crippen LogP contribution in [0.4, 0.5) is 16.0 Å². The SMILES string of the molecule is CC(=O)N(c1nc(CSc2nnc(NC(C)C)s2)cs1)c1c(C)cc(C)cc1Cl. The minimum absolute atomic E-state index is 0.124. The number of rotatable bonds is 7. The van der Waals surface area contributed by atoms with Crippen molar-refractivity contribution in [2.45, 2.75) is 50.8 Å². The van der Waals surface area contributed by atoms with Gasteiger partial charge in [0.05, 0.1) is 16.4 Å². The molecule has 0 unspecified atom stereocenters. The number of anilines is 3. The summed E-state index contributed by atoms with van der Waals surface area (Å²) in [5, 5.41) is 15.5. The molecule has 0 fully saturated rings. The first-order valence-electron chi connectivity index (χ1n) is 8.99. The average molecular weight is 468 g/mol. The molecule has 0 saturated heterocycles. The van der Waals surface area contributed by atoms with E-state index in [0.29, 0.717) is 27.6 Å². The highest BCUT2D eigenvalue weighted by Crippen LogP contribution is 2.38. The molecular formula is C19H22ClN5OS3. The third-order valence-electron chi connectivity index (χ3n) is 3.83. The van der Waals surface area contributed by atoms with Crippen molar-refractivity contribution >= 4 is 67.9 Å². The summed E-state index contributed by atoms with van der Waals surface area (Å²) < 4.78 is 0.878. The largest absolute Gasteiger partial charge is 0.358 e. The van der Waals surface area contributed by atoms with Crippen molar-refractivity contribution in [1.29, 1.82) is 0 Å². The Hall–Kier alpha value is -1.68. The van der Waals surface area contributed by atoms with Crippen LogP contribution in [0.5, 0.6) is 0 Å². The number of carbonyl (C=O) groups excluding carboxylic acids is 1. The van der Waals surface area contributed by atoms with E-state index in [9.17, 15) is 4.79 Å². The monoisotopic (exact) mass is 467 g/mol. The predicted octanol–water partition coefficient (Wildman–Crippen LogP) is 6.06. The maximum atomic E-state index is 12.4. The second-order valence-corrected chi connectivity index (χ2v) is 10.3. The third-order valence-corrected chi connectivity index (χ3v) is 7.01. The summed E-state index contributed by atoms with van der Waals surface area (Å²) >= 11 is 11.0. The molecule has 0 aliphatic rings. The molecule has 1 N–H and O–H groups in total. The van der Waals surface area contributed by atoms with Gasteiger partial charge in [0, 0.05) is 24.1 Å². The van der Waals surface area contributed by atoms with E-state index in [2.05, 4.69) is 34.3 Å². The Morgan fingerprint density at radius 1 is 1.31 bits per heavy atom. The zero-order valence-corrected chi connectivity index (χ0v) is 20.0. The molecule has 0 spiro atoms. The van der Waals surface area contributed by atoms with Crippen LogP contribution in [0.15, 0.2) is 21.9 Å². The van der Waals surface area contributed by atoms with Crippen molar-refractivity contribution in [3.05, 3.63) is 39.4 Å². The zero-order chi connectivity index (χ0) is 21.1. The number of benzene rings is 1. The summed E-state index contributed by atoms with van der Waals surface area (Å²) in [6.45, 7) is 9.58. The van der Waals surface area contributed by atoms with Crippen LogP contribution in [0.25, 0.3) is 0 Å². The van der Waals surface area contributed by atoms with Gasteiger partial charge >= 0.3 is 0 Å². The maximum Gasteiger partial charge on any atom is 0.230 e. The van der Waals surface area contributed by atoms with Crippen LogP contribution < -0.4 is 10.2 Å². The van der Waals surface area contributed by atoms with E-state index >= 15 is 0 Å². The van der Waals surface area contributed by atoms with Crippen LogP contribution in [0.3, 0.4) is 0 Å². The van der Waals surface area contributed by atoms with Crippen LogP contribution in [0, 0.1) is 13.8 Å². The lowest BCUT2D eigenvalue weighted by atomic mass is 10.1. The number of carbonyl (C=O) groups is 1. The first-order valence-corrected chi connectivity index (χ1v) is 12.0. The van der Waals surface area contributed by atoms with Crippen LogP contribution in [-0.2, 0) is 10.5 Å². The molecule has 1 aromatic carbocycles. The Bertz CT molecular complexity index is 994. The van der Waals surface area contributed by atoms with Gasteiger partial charge in [-0.25, -0.2) is 4.98 Å². The highest BCUT2D eigenvalue weighted by molar-refractivity contribution is 8.00. The fourth-order valence-electron chi connectivity index (χ4n) is 2.75. The highest BCUT2D eigenvalue weighted by atomic mass is 35.5. The van der Waals surface area contributed by atoms with Gasteiger partial charge in [-0.05, 0) is 44.9 Å². The number of aromatic nitrogens is 3. The van der Waals surface area contributed by atoms with Gasteiger partial charge in [-0.15, -0.1) is 21.5 Å². The van der Waals surface area contributed by atoms with Crippen molar-refractivity contribution in [2.24, 2.45) is 0 Å². The number of thioether (sulfide) groups is 1. The van der Waals surface area contributed by atoms with E-state index in [1.165, 1.54) is 29.6 Å². The van der Waals surface area contributed by atoms with E-state index in [-0.39, 0.29) is 5.91 Å². The van der Waals surface area contributed by atoms with Gasteiger partial charge in [0.2, 0.25) is 11.0 Å². The first kappa shape index (κ1) is 22.0. The predicted molar refractivity (Wildman–Crippen MR) is 124 cm³/mol. The third kappa shape index (κ3) is 5.48. The Balaban J connectivity index is 1.77. The summed E-state index contributed by atoms with van der Waals surface area (Å²) in [6, 6.07) is 4.19. The van der Waals surface area contributed by atoms with Gasteiger partial charge in [-0.3, -0.25) is 9.69 Å². The quantitative estimate of drug-likeness (QED) is 0.425. The highest BCUT2D eigenvalue weighted by Gasteiger charge is 2.22. The van der Waals surface area contributed by atoms with Crippen molar-refractivity contribution in [3.8, 4) is 0 Å². The molecule has 0 radical (unpaired) electrons. The number of amides is 1. The second-order valence-electron chi connectivity index (χ2n) is 6.85. The topological polar surface area (TPSA) is 71.0 Å². The number of thiazole rings is 1. The van der Waals surface area contributed by atoms with Gasteiger partial charge in [-0.1, -0.05) is 40.8 Å². The van der Waals surface area contributed by atoms with E-state index in [0.717, 1.165) is 26.3 Å². The van der Waals surface area contributed by atoms with E-state index in [1.807, 2.05) is 31.4 Å². The minimum Gasteiger partial charge on any atom is -0.358 e. The summed E-state index contributed by atoms with van der Waals surface area (Å²) in [5.41, 5.74) is 3.57. The standard InChI is InChI=1S/C19H22ClN5OS3/c1-10(2)21-17-23-24-19(29-17)28-9-14-8-27-18(22-14)25(13(5)26)16-12(4)6-11(3)7-15(16)20/h6-8,10H,9H2,1-5H3,(H,21,23). The molecule has 10 heteroatoms. The molecule has 2 heterocycles. The molecule has 2 aromatic heterocycles. The number of nitrogens with one attached hydrogen (secondary N) is 1. The molecule has 0 bridgehead atoms. The van der Waals surface area contributed by atoms with Crippen molar-refractivity contribution in [3.63, 3.8) is 0 Å². The lowest BCUT2D eigenvalue weighted by Crippen LogP contribution is -2.24. The zero-order valence-electron chi connectivity index (χ0n) is 16.8. The van der Waals surface area contributed by atoms with Crippen LogP contribution in [0.1, 0.15) is 37.6 Å². The summed E-state index contributed by atoms with van der Waals surface area (Å²) in [5.74, 6) is 0.528. The van der Waals surface area contributed by atoms with Crippen LogP contribution >= 0.6 is 46.0 Å². The number of halogens is 1. The average Bonchev–Trinajstić information content (AvgIpc) is 3.24. The number of hydrogen-bond acceptors (Lipinski definition) is 8. The van der Waals surface area contributed by atoms with Crippen LogP contribution in [0.2, 0.25) is 5.02 Å². The number of aryl methyl sites for hydroxylation is 2. The first-order chi connectivity index (χ1) is 13.7. The fourth-order valence-corrected chi connectivity index (χ4v) is 5.93. The molecule has 3 aromatic rings. The molecule has 0 atom stereocenters. The van der Waals surface area contributed by atoms with Gasteiger partial charge in [0.15, 0.2) is 9.47 Å². The summed E-state index contributed by atoms with van der Waals surface area (Å²) in [7, 11) is 0. The minimum atomic E-state index is -0.124. The molecule has 0 aliphatic carbocycles. The van der Waals surface area contributed by atoms with E-state index in [4.69, 9.17) is 11.6 Å². The lowest BCUT2D eigenvalue weighted by Gasteiger charge is -2.22. The molecule has 0 saturated carbocycles. The number of hydrogen-bond donors (Lipinski definition) is 1. The lowest BCUT2D eigenvalue weighted by molar-refractivity contribution is -0.115. The van der Waals surface area contributed by atoms with Crippen molar-refractivity contribution in [1.82, 2.24) is 15.2 Å². The van der Waals surface area contributed by atoms with Gasteiger partial charge in [0.1, 0.15) is 0 Å². The van der Waals surface area contributed by atoms with Gasteiger partial charge < -0.3 is 5.32 Å². The molecular weight excluding hydrogens is 446 g/mol. The Labute approximate surface area is 187 Å². The Kier molecular flexibility index (Phi) is 7.15. The van der Waals surface area contributed by atoms with Gasteiger partial charge in [0.25, 0.3) is 0 Å². The summed E-state index contributed by atoms with van der Waals surface area (Å²) in [6.07, 6.45) is 0. The molecule has 0 aliphatic heterocycles. The Morgan fingerprint density at radius 3 is 2.72 bits per heavy atom. The smallest absolute Gasteiger partial charge is 0.230 e. The normalized spacial score (nSPS) is 11.1. The van der Waals surface area contributed by atoms with Gasteiger partial charge in [-0.2, -0.15) is 0 Å². The Morgan fingerprint density at radius 2 is 2.07 bits per heavy atom. The van der Waals surface area contributed by atoms with Crippen LogP contribution in [-0.4, -0.2) is 27.1 Å². The molecule has 29 heavy (non-hydrogen) atoms. The molecule has 6 nitrogen and oxygen atoms in total. The van der Waals surface area contributed by atoms with Crippen molar-refractivity contribution < 1.29 is 4.79 Å². The molecule has 1 amide bonds. The fraction of sp³-hybridized carbons (Fsp3) is 0.368. The van der Waals surface area contributed by atoms with E-state index < -0.39 is 0 Å². The van der Waals surface area contributed by atoms with E-state index in [1.54, 1.807) is 16.7 Å². The summed E-state index contributed by atoms with van der Waals surface area (Å²) in [4.78, 5) is 18.7. The number of nitrogens with zero attached hydrogens (tertiary/aromatic N) is 4. The molecule has 154 valence electrons. The molecule has 3 rings (SSSR count). The van der Waals surface area contributed by atoms with Crippen molar-refractivity contribution in [2.75, 3.05) is 10.2 Å².